The third-order valence-electron chi connectivity index (χ3n) is 3.72. The number of hydrogen-bond donors (Lipinski definition) is 0. The van der Waals surface area contributed by atoms with E-state index in [1.54, 1.807) is 0 Å². The summed E-state index contributed by atoms with van der Waals surface area (Å²) < 4.78 is 0. The third kappa shape index (κ3) is 3.08. The number of hydrogen-bond acceptors (Lipinski definition) is 2. The van der Waals surface area contributed by atoms with Gasteiger partial charge < -0.3 is 4.84 Å². The fourth-order valence-corrected chi connectivity index (χ4v) is 2.25. The van der Waals surface area contributed by atoms with Gasteiger partial charge in [0.1, 0.15) is 6.61 Å². The monoisotopic (exact) mass is 265 g/mol. The van der Waals surface area contributed by atoms with Gasteiger partial charge in [0.2, 0.25) is 0 Å². The second-order valence-corrected chi connectivity index (χ2v) is 5.32. The van der Waals surface area contributed by atoms with Crippen LogP contribution in [0.4, 0.5) is 0 Å². The Bertz CT molecular complexity index is 600. The summed E-state index contributed by atoms with van der Waals surface area (Å²) >= 11 is 0. The van der Waals surface area contributed by atoms with Gasteiger partial charge in [-0.15, -0.1) is 0 Å². The van der Waals surface area contributed by atoms with Crippen molar-refractivity contribution in [3.05, 3.63) is 59.7 Å². The molecule has 0 aromatic heterocycles. The van der Waals surface area contributed by atoms with Crippen molar-refractivity contribution < 1.29 is 4.84 Å². The lowest BCUT2D eigenvalue weighted by molar-refractivity contribution is 0.131. The lowest BCUT2D eigenvalue weighted by Gasteiger charge is -2.10. The Hall–Kier alpha value is -2.09. The van der Waals surface area contributed by atoms with Crippen LogP contribution in [0.2, 0.25) is 0 Å². The van der Waals surface area contributed by atoms with Crippen molar-refractivity contribution in [3.8, 4) is 11.1 Å². The zero-order valence-electron chi connectivity index (χ0n) is 11.8. The molecule has 0 aliphatic heterocycles. The molecule has 0 spiro atoms. The van der Waals surface area contributed by atoms with E-state index in [9.17, 15) is 0 Å². The average molecular weight is 265 g/mol. The fraction of sp³-hybridized carbons (Fsp3) is 0.278. The van der Waals surface area contributed by atoms with Gasteiger partial charge in [0, 0.05) is 6.21 Å². The van der Waals surface area contributed by atoms with Crippen molar-refractivity contribution in [3.63, 3.8) is 0 Å². The lowest BCUT2D eigenvalue weighted by Crippen LogP contribution is -1.94. The van der Waals surface area contributed by atoms with Gasteiger partial charge in [0.05, 0.1) is 0 Å². The molecule has 3 rings (SSSR count). The van der Waals surface area contributed by atoms with Gasteiger partial charge in [0.15, 0.2) is 0 Å². The Kier molecular flexibility index (Phi) is 3.82. The van der Waals surface area contributed by atoms with Gasteiger partial charge in [-0.1, -0.05) is 53.7 Å². The summed E-state index contributed by atoms with van der Waals surface area (Å²) in [5.74, 6) is 0.659. The summed E-state index contributed by atoms with van der Waals surface area (Å²) in [6.45, 7) is 2.68. The second kappa shape index (κ2) is 5.91. The molecule has 0 unspecified atom stereocenters. The van der Waals surface area contributed by atoms with Crippen molar-refractivity contribution >= 4 is 6.21 Å². The zero-order valence-corrected chi connectivity index (χ0v) is 11.8. The lowest BCUT2D eigenvalue weighted by atomic mass is 9.97. The summed E-state index contributed by atoms with van der Waals surface area (Å²) in [5, 5.41) is 4.05. The highest BCUT2D eigenvalue weighted by Crippen LogP contribution is 2.27. The molecule has 0 heterocycles. The number of benzene rings is 2. The summed E-state index contributed by atoms with van der Waals surface area (Å²) in [5.41, 5.74) is 4.96. The van der Waals surface area contributed by atoms with E-state index in [0.29, 0.717) is 12.5 Å². The minimum Gasteiger partial charge on any atom is -0.391 e. The van der Waals surface area contributed by atoms with Gasteiger partial charge in [-0.2, -0.15) is 0 Å². The van der Waals surface area contributed by atoms with E-state index in [2.05, 4.69) is 54.5 Å². The molecule has 1 aliphatic carbocycles. The average Bonchev–Trinajstić information content (AvgIpc) is 3.30. The molecule has 20 heavy (non-hydrogen) atoms. The van der Waals surface area contributed by atoms with Crippen LogP contribution in [0.3, 0.4) is 0 Å². The van der Waals surface area contributed by atoms with Crippen LogP contribution in [0.1, 0.15) is 24.0 Å². The molecule has 1 saturated carbocycles. The van der Waals surface area contributed by atoms with Crippen LogP contribution in [0.25, 0.3) is 11.1 Å². The van der Waals surface area contributed by atoms with Gasteiger partial charge in [-0.3, -0.25) is 0 Å². The Labute approximate surface area is 120 Å². The van der Waals surface area contributed by atoms with E-state index in [1.807, 2.05) is 12.3 Å². The first-order valence-electron chi connectivity index (χ1n) is 7.14. The summed E-state index contributed by atoms with van der Waals surface area (Å²) in [6.07, 6.45) is 4.45. The predicted molar refractivity (Wildman–Crippen MR) is 82.6 cm³/mol. The van der Waals surface area contributed by atoms with Crippen molar-refractivity contribution in [2.75, 3.05) is 0 Å². The molecular weight excluding hydrogens is 246 g/mol. The van der Waals surface area contributed by atoms with E-state index in [1.165, 1.54) is 35.1 Å². The first kappa shape index (κ1) is 12.9. The van der Waals surface area contributed by atoms with Crippen LogP contribution in [-0.2, 0) is 11.4 Å². The fourth-order valence-electron chi connectivity index (χ4n) is 2.25. The number of nitrogens with zero attached hydrogens (tertiary/aromatic N) is 1. The molecule has 102 valence electrons. The van der Waals surface area contributed by atoms with Crippen LogP contribution in [-0.4, -0.2) is 6.21 Å². The predicted octanol–water partition coefficient (Wildman–Crippen LogP) is 4.57. The molecule has 0 radical (unpaired) electrons. The van der Waals surface area contributed by atoms with Gasteiger partial charge in [0.25, 0.3) is 0 Å². The number of oxime groups is 1. The van der Waals surface area contributed by atoms with Crippen molar-refractivity contribution in [2.24, 2.45) is 11.1 Å². The van der Waals surface area contributed by atoms with Crippen LogP contribution in [0, 0.1) is 12.8 Å². The number of rotatable bonds is 5. The summed E-state index contributed by atoms with van der Waals surface area (Å²) in [4.78, 5) is 5.41. The minimum atomic E-state index is 0.537. The van der Waals surface area contributed by atoms with Crippen molar-refractivity contribution in [1.29, 1.82) is 0 Å². The third-order valence-corrected chi connectivity index (χ3v) is 3.72. The van der Waals surface area contributed by atoms with Crippen molar-refractivity contribution in [2.45, 2.75) is 26.4 Å². The molecule has 0 amide bonds. The van der Waals surface area contributed by atoms with Gasteiger partial charge >= 0.3 is 0 Å². The van der Waals surface area contributed by atoms with E-state index in [0.717, 1.165) is 0 Å². The molecule has 0 bridgehead atoms. The quantitative estimate of drug-likeness (QED) is 0.573. The highest BCUT2D eigenvalue weighted by atomic mass is 16.6. The van der Waals surface area contributed by atoms with Crippen LogP contribution < -0.4 is 0 Å². The highest BCUT2D eigenvalue weighted by Gasteiger charge is 2.18. The minimum absolute atomic E-state index is 0.537. The maximum absolute atomic E-state index is 5.41. The van der Waals surface area contributed by atoms with Crippen molar-refractivity contribution in [1.82, 2.24) is 0 Å². The first-order valence-corrected chi connectivity index (χ1v) is 7.14. The molecule has 2 nitrogen and oxygen atoms in total. The van der Waals surface area contributed by atoms with Gasteiger partial charge in [-0.25, -0.2) is 0 Å². The van der Waals surface area contributed by atoms with Crippen LogP contribution >= 0.6 is 0 Å². The normalized spacial score (nSPS) is 14.7. The van der Waals surface area contributed by atoms with Crippen LogP contribution in [0.5, 0.6) is 0 Å². The largest absolute Gasteiger partial charge is 0.391 e. The topological polar surface area (TPSA) is 21.6 Å². The smallest absolute Gasteiger partial charge is 0.142 e. The molecule has 1 fully saturated rings. The standard InChI is InChI=1S/C18H19NO/c1-14-17(13-20-19-12-15-10-11-15)8-5-9-18(14)16-6-3-2-4-7-16/h2-9,12,15H,10-11,13H2,1H3/b19-12+. The van der Waals surface area contributed by atoms with E-state index in [4.69, 9.17) is 4.84 Å². The molecule has 0 N–H and O–H groups in total. The second-order valence-electron chi connectivity index (χ2n) is 5.32. The van der Waals surface area contributed by atoms with Gasteiger partial charge in [-0.05, 0) is 47.9 Å². The maximum atomic E-state index is 5.41. The maximum Gasteiger partial charge on any atom is 0.142 e. The van der Waals surface area contributed by atoms with E-state index in [-0.39, 0.29) is 0 Å². The molecule has 2 heteroatoms. The zero-order chi connectivity index (χ0) is 13.8. The van der Waals surface area contributed by atoms with Crippen LogP contribution in [0.15, 0.2) is 53.7 Å². The molecule has 0 saturated heterocycles. The molecular formula is C18H19NO. The molecule has 2 aromatic carbocycles. The SMILES string of the molecule is Cc1c(CO/N=C/C2CC2)cccc1-c1ccccc1. The highest BCUT2D eigenvalue weighted by molar-refractivity contribution is 5.68. The summed E-state index contributed by atoms with van der Waals surface area (Å²) in [6, 6.07) is 16.8. The first-order chi connectivity index (χ1) is 9.84. The molecule has 1 aliphatic rings. The van der Waals surface area contributed by atoms with E-state index >= 15 is 0 Å². The Morgan fingerprint density at radius 2 is 1.90 bits per heavy atom. The summed E-state index contributed by atoms with van der Waals surface area (Å²) in [7, 11) is 0. The molecule has 2 aromatic rings. The van der Waals surface area contributed by atoms with E-state index < -0.39 is 0 Å². The Morgan fingerprint density at radius 3 is 2.65 bits per heavy atom. The molecule has 0 atom stereocenters. The Morgan fingerprint density at radius 1 is 1.10 bits per heavy atom. The Balaban J connectivity index is 1.74.